The van der Waals surface area contributed by atoms with Gasteiger partial charge in [-0.1, -0.05) is 12.1 Å². The minimum atomic E-state index is 0.227. The third-order valence-corrected chi connectivity index (χ3v) is 4.52. The first kappa shape index (κ1) is 16.6. The van der Waals surface area contributed by atoms with Crippen LogP contribution < -0.4 is 20.1 Å². The summed E-state index contributed by atoms with van der Waals surface area (Å²) in [6.07, 6.45) is 3.29. The Morgan fingerprint density at radius 3 is 2.67 bits per heavy atom. The molecule has 2 aromatic carbocycles. The largest absolute Gasteiger partial charge is 0.497 e. The fraction of sp³-hybridized carbons (Fsp3) is 0.316. The molecule has 1 aliphatic carbocycles. The summed E-state index contributed by atoms with van der Waals surface area (Å²) in [5, 5.41) is 7.29. The van der Waals surface area contributed by atoms with Crippen molar-refractivity contribution in [3.05, 3.63) is 53.6 Å². The molecule has 0 heterocycles. The summed E-state index contributed by atoms with van der Waals surface area (Å²) in [5.41, 5.74) is 3.55. The van der Waals surface area contributed by atoms with E-state index in [0.717, 1.165) is 36.4 Å². The van der Waals surface area contributed by atoms with Gasteiger partial charge in [-0.05, 0) is 66.9 Å². The molecule has 2 aromatic rings. The van der Waals surface area contributed by atoms with Gasteiger partial charge < -0.3 is 20.1 Å². The van der Waals surface area contributed by atoms with Crippen LogP contribution >= 0.6 is 12.2 Å². The van der Waals surface area contributed by atoms with E-state index in [1.54, 1.807) is 14.2 Å². The number of nitrogens with one attached hydrogen (secondary N) is 2. The Kier molecular flexibility index (Phi) is 5.20. The number of thiocarbonyl (C=S) groups is 1. The molecule has 1 atom stereocenters. The van der Waals surface area contributed by atoms with Crippen LogP contribution in [0.5, 0.6) is 11.5 Å². The van der Waals surface area contributed by atoms with Crippen LogP contribution in [0.1, 0.15) is 30.0 Å². The first-order valence-corrected chi connectivity index (χ1v) is 8.49. The first-order valence-electron chi connectivity index (χ1n) is 8.08. The number of fused-ring (bicyclic) bond motifs is 1. The lowest BCUT2D eigenvalue weighted by molar-refractivity contribution is 0.412. The number of rotatable bonds is 4. The highest BCUT2D eigenvalue weighted by molar-refractivity contribution is 7.80. The van der Waals surface area contributed by atoms with Crippen LogP contribution in [0.4, 0.5) is 5.69 Å². The van der Waals surface area contributed by atoms with E-state index in [0.29, 0.717) is 5.11 Å². The third-order valence-electron chi connectivity index (χ3n) is 4.30. The van der Waals surface area contributed by atoms with Gasteiger partial charge in [-0.15, -0.1) is 0 Å². The van der Waals surface area contributed by atoms with E-state index in [4.69, 9.17) is 21.7 Å². The van der Waals surface area contributed by atoms with Crippen LogP contribution in [0.25, 0.3) is 0 Å². The highest BCUT2D eigenvalue weighted by atomic mass is 32.1. The van der Waals surface area contributed by atoms with Crippen molar-refractivity contribution in [2.75, 3.05) is 19.5 Å². The van der Waals surface area contributed by atoms with Gasteiger partial charge in [0.05, 0.1) is 20.3 Å². The van der Waals surface area contributed by atoms with Gasteiger partial charge in [0.1, 0.15) is 11.5 Å². The van der Waals surface area contributed by atoms with Gasteiger partial charge in [-0.2, -0.15) is 0 Å². The Hall–Kier alpha value is -2.27. The maximum Gasteiger partial charge on any atom is 0.171 e. The molecule has 2 N–H and O–H groups in total. The number of hydrogen-bond donors (Lipinski definition) is 2. The SMILES string of the molecule is COc1cccc(NC(=S)N[C@H]2CCCc3cc(OC)ccc32)c1. The summed E-state index contributed by atoms with van der Waals surface area (Å²) >= 11 is 5.49. The van der Waals surface area contributed by atoms with E-state index in [9.17, 15) is 0 Å². The molecular formula is C19H22N2O2S. The maximum atomic E-state index is 5.49. The van der Waals surface area contributed by atoms with Crippen molar-refractivity contribution in [3.8, 4) is 11.5 Å². The third kappa shape index (κ3) is 3.79. The van der Waals surface area contributed by atoms with Gasteiger partial charge >= 0.3 is 0 Å². The van der Waals surface area contributed by atoms with Crippen LogP contribution in [0.15, 0.2) is 42.5 Å². The average molecular weight is 342 g/mol. The molecule has 24 heavy (non-hydrogen) atoms. The fourth-order valence-electron chi connectivity index (χ4n) is 3.09. The topological polar surface area (TPSA) is 42.5 Å². The van der Waals surface area contributed by atoms with Gasteiger partial charge in [0.25, 0.3) is 0 Å². The van der Waals surface area contributed by atoms with E-state index >= 15 is 0 Å². The molecule has 0 amide bonds. The molecule has 126 valence electrons. The zero-order valence-corrected chi connectivity index (χ0v) is 14.8. The molecule has 0 spiro atoms. The van der Waals surface area contributed by atoms with Gasteiger partial charge in [0, 0.05) is 11.8 Å². The Morgan fingerprint density at radius 1 is 1.08 bits per heavy atom. The zero-order valence-electron chi connectivity index (χ0n) is 14.0. The quantitative estimate of drug-likeness (QED) is 0.820. The monoisotopic (exact) mass is 342 g/mol. The second-order valence-electron chi connectivity index (χ2n) is 5.84. The summed E-state index contributed by atoms with van der Waals surface area (Å²) in [7, 11) is 3.36. The second-order valence-corrected chi connectivity index (χ2v) is 6.25. The number of methoxy groups -OCH3 is 2. The van der Waals surface area contributed by atoms with Crippen molar-refractivity contribution < 1.29 is 9.47 Å². The number of anilines is 1. The molecule has 4 nitrogen and oxygen atoms in total. The van der Waals surface area contributed by atoms with Crippen molar-refractivity contribution in [1.29, 1.82) is 0 Å². The molecule has 0 fully saturated rings. The predicted molar refractivity (Wildman–Crippen MR) is 101 cm³/mol. The van der Waals surface area contributed by atoms with Crippen molar-refractivity contribution in [2.45, 2.75) is 25.3 Å². The molecule has 1 aliphatic rings. The number of benzene rings is 2. The number of hydrogen-bond acceptors (Lipinski definition) is 3. The lowest BCUT2D eigenvalue weighted by Crippen LogP contribution is -2.34. The summed E-state index contributed by atoms with van der Waals surface area (Å²) in [5.74, 6) is 1.71. The van der Waals surface area contributed by atoms with Crippen molar-refractivity contribution in [1.82, 2.24) is 5.32 Å². The smallest absolute Gasteiger partial charge is 0.171 e. The van der Waals surface area contributed by atoms with Gasteiger partial charge in [0.2, 0.25) is 0 Å². The number of ether oxygens (including phenoxy) is 2. The maximum absolute atomic E-state index is 5.49. The van der Waals surface area contributed by atoms with E-state index in [2.05, 4.69) is 22.8 Å². The molecule has 0 saturated carbocycles. The van der Waals surface area contributed by atoms with E-state index < -0.39 is 0 Å². The van der Waals surface area contributed by atoms with Crippen LogP contribution in [-0.2, 0) is 6.42 Å². The summed E-state index contributed by atoms with van der Waals surface area (Å²) in [6.45, 7) is 0. The molecular weight excluding hydrogens is 320 g/mol. The van der Waals surface area contributed by atoms with E-state index in [1.165, 1.54) is 11.1 Å². The Bertz CT molecular complexity index is 733. The summed E-state index contributed by atoms with van der Waals surface area (Å²) in [4.78, 5) is 0. The highest BCUT2D eigenvalue weighted by Gasteiger charge is 2.21. The highest BCUT2D eigenvalue weighted by Crippen LogP contribution is 2.32. The van der Waals surface area contributed by atoms with Gasteiger partial charge in [-0.25, -0.2) is 0 Å². The summed E-state index contributed by atoms with van der Waals surface area (Å²) in [6, 6.07) is 14.2. The van der Waals surface area contributed by atoms with Crippen LogP contribution in [-0.4, -0.2) is 19.3 Å². The normalized spacial score (nSPS) is 16.0. The minimum Gasteiger partial charge on any atom is -0.497 e. The number of aryl methyl sites for hydroxylation is 1. The van der Waals surface area contributed by atoms with Crippen LogP contribution in [0.2, 0.25) is 0 Å². The first-order chi connectivity index (χ1) is 11.7. The lowest BCUT2D eigenvalue weighted by atomic mass is 9.87. The molecule has 0 saturated heterocycles. The van der Waals surface area contributed by atoms with E-state index in [-0.39, 0.29) is 6.04 Å². The molecule has 0 unspecified atom stereocenters. The Morgan fingerprint density at radius 2 is 1.88 bits per heavy atom. The van der Waals surface area contributed by atoms with Crippen LogP contribution in [0.3, 0.4) is 0 Å². The molecule has 0 radical (unpaired) electrons. The minimum absolute atomic E-state index is 0.227. The van der Waals surface area contributed by atoms with Gasteiger partial charge in [0.15, 0.2) is 5.11 Å². The zero-order chi connectivity index (χ0) is 16.9. The predicted octanol–water partition coefficient (Wildman–Crippen LogP) is 4.07. The Labute approximate surface area is 148 Å². The van der Waals surface area contributed by atoms with E-state index in [1.807, 2.05) is 30.3 Å². The lowest BCUT2D eigenvalue weighted by Gasteiger charge is -2.28. The summed E-state index contributed by atoms with van der Waals surface area (Å²) < 4.78 is 10.6. The van der Waals surface area contributed by atoms with Crippen molar-refractivity contribution >= 4 is 23.0 Å². The molecule has 3 rings (SSSR count). The second kappa shape index (κ2) is 7.53. The molecule has 0 bridgehead atoms. The van der Waals surface area contributed by atoms with Crippen LogP contribution in [0, 0.1) is 0 Å². The van der Waals surface area contributed by atoms with Crippen molar-refractivity contribution in [3.63, 3.8) is 0 Å². The van der Waals surface area contributed by atoms with Gasteiger partial charge in [-0.3, -0.25) is 0 Å². The fourth-order valence-corrected chi connectivity index (χ4v) is 3.35. The Balaban J connectivity index is 1.69. The average Bonchev–Trinajstić information content (AvgIpc) is 2.61. The molecule has 0 aromatic heterocycles. The standard InChI is InChI=1S/C19H22N2O2S/c1-22-15-7-4-6-14(12-15)20-19(24)21-18-8-3-5-13-11-16(23-2)9-10-17(13)18/h4,6-7,9-12,18H,3,5,8H2,1-2H3,(H2,20,21,24)/t18-/m0/s1. The molecule has 0 aliphatic heterocycles. The molecule has 5 heteroatoms. The van der Waals surface area contributed by atoms with Crippen molar-refractivity contribution in [2.24, 2.45) is 0 Å².